The van der Waals surface area contributed by atoms with Gasteiger partial charge in [-0.1, -0.05) is 6.92 Å². The third kappa shape index (κ3) is 4.55. The fraction of sp³-hybridized carbons (Fsp3) is 0.500. The molecule has 0 saturated carbocycles. The number of hydrogen-bond donors (Lipinski definition) is 1. The molecular weight excluding hydrogens is 338 g/mol. The van der Waals surface area contributed by atoms with E-state index in [-0.39, 0.29) is 12.3 Å². The van der Waals surface area contributed by atoms with Crippen molar-refractivity contribution in [2.24, 2.45) is 0 Å². The summed E-state index contributed by atoms with van der Waals surface area (Å²) in [5.41, 5.74) is 3.25. The molecule has 0 atom stereocenters. The van der Waals surface area contributed by atoms with Crippen LogP contribution < -0.4 is 0 Å². The molecule has 2 aromatic heterocycles. The zero-order chi connectivity index (χ0) is 18.6. The Morgan fingerprint density at radius 3 is 2.64 bits per heavy atom. The third-order valence-electron chi connectivity index (χ3n) is 3.94. The summed E-state index contributed by atoms with van der Waals surface area (Å²) in [6, 6.07) is 0. The van der Waals surface area contributed by atoms with Crippen molar-refractivity contribution < 1.29 is 14.3 Å². The first-order valence-corrected chi connectivity index (χ1v) is 9.26. The van der Waals surface area contributed by atoms with Crippen molar-refractivity contribution in [3.63, 3.8) is 0 Å². The molecule has 2 aromatic rings. The number of hydrogen-bond acceptors (Lipinski definition) is 6. The van der Waals surface area contributed by atoms with Gasteiger partial charge in [0.05, 0.1) is 23.9 Å². The minimum Gasteiger partial charge on any atom is -0.461 e. The minimum atomic E-state index is -0.426. The van der Waals surface area contributed by atoms with Gasteiger partial charge in [0.2, 0.25) is 0 Å². The lowest BCUT2D eigenvalue weighted by Gasteiger charge is -2.14. The van der Waals surface area contributed by atoms with Crippen LogP contribution in [-0.2, 0) is 17.7 Å². The normalized spacial score (nSPS) is 11.1. The van der Waals surface area contributed by atoms with E-state index in [0.717, 1.165) is 17.1 Å². The van der Waals surface area contributed by atoms with Crippen molar-refractivity contribution in [1.29, 1.82) is 0 Å². The number of H-pyrrole nitrogens is 1. The first-order valence-electron chi connectivity index (χ1n) is 8.38. The van der Waals surface area contributed by atoms with E-state index >= 15 is 0 Å². The molecule has 1 N–H and O–H groups in total. The van der Waals surface area contributed by atoms with Crippen LogP contribution in [0, 0.1) is 13.8 Å². The molecule has 0 aliphatic heterocycles. The van der Waals surface area contributed by atoms with Crippen LogP contribution in [0.1, 0.15) is 56.7 Å². The summed E-state index contributed by atoms with van der Waals surface area (Å²) in [7, 11) is 1.90. The molecule has 0 aliphatic carbocycles. The highest BCUT2D eigenvalue weighted by Crippen LogP contribution is 2.20. The molecule has 0 amide bonds. The standard InChI is InChI=1S/C18H25N3O3S/c1-6-15-20-13(10-25-15)8-21(5)9-14(22)16-11(3)17(19-12(16)4)18(23)24-7-2/h10,19H,6-9H2,1-5H3. The zero-order valence-electron chi connectivity index (χ0n) is 15.4. The molecule has 6 nitrogen and oxygen atoms in total. The maximum atomic E-state index is 12.7. The number of rotatable bonds is 8. The number of ketones is 1. The number of ether oxygens (including phenoxy) is 1. The lowest BCUT2D eigenvalue weighted by molar-refractivity contribution is 0.0519. The van der Waals surface area contributed by atoms with Gasteiger partial charge in [-0.3, -0.25) is 9.69 Å². The maximum absolute atomic E-state index is 12.7. The lowest BCUT2D eigenvalue weighted by atomic mass is 10.1. The predicted molar refractivity (Wildman–Crippen MR) is 98.4 cm³/mol. The number of carbonyl (C=O) groups is 2. The van der Waals surface area contributed by atoms with Crippen molar-refractivity contribution in [2.75, 3.05) is 20.2 Å². The Morgan fingerprint density at radius 1 is 1.32 bits per heavy atom. The van der Waals surface area contributed by atoms with E-state index in [2.05, 4.69) is 16.9 Å². The molecule has 0 radical (unpaired) electrons. The van der Waals surface area contributed by atoms with Crippen molar-refractivity contribution >= 4 is 23.1 Å². The Labute approximate surface area is 152 Å². The molecule has 0 aliphatic rings. The molecule has 0 aromatic carbocycles. The van der Waals surface area contributed by atoms with Gasteiger partial charge in [0, 0.05) is 23.2 Å². The van der Waals surface area contributed by atoms with Crippen LogP contribution in [-0.4, -0.2) is 46.8 Å². The van der Waals surface area contributed by atoms with Gasteiger partial charge in [-0.15, -0.1) is 11.3 Å². The van der Waals surface area contributed by atoms with Crippen molar-refractivity contribution in [1.82, 2.24) is 14.9 Å². The number of esters is 1. The molecule has 2 rings (SSSR count). The Balaban J connectivity index is 2.08. The number of aryl methyl sites for hydroxylation is 2. The zero-order valence-corrected chi connectivity index (χ0v) is 16.2. The summed E-state index contributed by atoms with van der Waals surface area (Å²) in [5, 5.41) is 3.14. The molecule has 7 heteroatoms. The molecule has 25 heavy (non-hydrogen) atoms. The molecule has 136 valence electrons. The quantitative estimate of drug-likeness (QED) is 0.576. The summed E-state index contributed by atoms with van der Waals surface area (Å²) in [6.07, 6.45) is 0.922. The smallest absolute Gasteiger partial charge is 0.355 e. The number of nitrogens with one attached hydrogen (secondary N) is 1. The summed E-state index contributed by atoms with van der Waals surface area (Å²) in [5.74, 6) is -0.444. The van der Waals surface area contributed by atoms with Gasteiger partial charge in [-0.05, 0) is 39.8 Å². The first kappa shape index (κ1) is 19.3. The van der Waals surface area contributed by atoms with Crippen molar-refractivity contribution in [2.45, 2.75) is 40.7 Å². The SMILES string of the molecule is CCOC(=O)c1[nH]c(C)c(C(=O)CN(C)Cc2csc(CC)n2)c1C. The largest absolute Gasteiger partial charge is 0.461 e. The van der Waals surface area contributed by atoms with Crippen LogP contribution in [0.3, 0.4) is 0 Å². The Hall–Kier alpha value is -1.99. The van der Waals surface area contributed by atoms with Crippen LogP contribution >= 0.6 is 11.3 Å². The average molecular weight is 363 g/mol. The monoisotopic (exact) mass is 363 g/mol. The van der Waals surface area contributed by atoms with E-state index in [1.54, 1.807) is 32.1 Å². The lowest BCUT2D eigenvalue weighted by Crippen LogP contribution is -2.26. The second-order valence-corrected chi connectivity index (χ2v) is 6.97. The highest BCUT2D eigenvalue weighted by Gasteiger charge is 2.23. The van der Waals surface area contributed by atoms with Crippen molar-refractivity contribution in [3.05, 3.63) is 38.6 Å². The average Bonchev–Trinajstić information content (AvgIpc) is 3.11. The van der Waals surface area contributed by atoms with E-state index in [1.807, 2.05) is 17.3 Å². The Kier molecular flexibility index (Phi) is 6.50. The van der Waals surface area contributed by atoms with E-state index in [0.29, 0.717) is 35.7 Å². The van der Waals surface area contributed by atoms with E-state index < -0.39 is 5.97 Å². The van der Waals surface area contributed by atoms with Crippen molar-refractivity contribution in [3.8, 4) is 0 Å². The molecule has 0 spiro atoms. The van der Waals surface area contributed by atoms with E-state index in [1.165, 1.54) is 0 Å². The number of likely N-dealkylation sites (N-methyl/N-ethyl adjacent to an activating group) is 1. The van der Waals surface area contributed by atoms with Gasteiger partial charge in [0.1, 0.15) is 5.69 Å². The van der Waals surface area contributed by atoms with Crippen LogP contribution in [0.2, 0.25) is 0 Å². The second-order valence-electron chi connectivity index (χ2n) is 6.03. The molecule has 2 heterocycles. The maximum Gasteiger partial charge on any atom is 0.355 e. The molecule has 0 unspecified atom stereocenters. The third-order valence-corrected chi connectivity index (χ3v) is 4.99. The highest BCUT2D eigenvalue weighted by molar-refractivity contribution is 7.09. The van der Waals surface area contributed by atoms with Gasteiger partial charge in [-0.25, -0.2) is 9.78 Å². The van der Waals surface area contributed by atoms with Gasteiger partial charge < -0.3 is 9.72 Å². The number of thiazole rings is 1. The number of Topliss-reactive ketones (excluding diaryl/α,β-unsaturated/α-hetero) is 1. The second kappa shape index (κ2) is 8.40. The number of aromatic nitrogens is 2. The van der Waals surface area contributed by atoms with Crippen LogP contribution in [0.25, 0.3) is 0 Å². The highest BCUT2D eigenvalue weighted by atomic mass is 32.1. The van der Waals surface area contributed by atoms with Crippen LogP contribution in [0.4, 0.5) is 0 Å². The summed E-state index contributed by atoms with van der Waals surface area (Å²) >= 11 is 1.64. The Bertz CT molecular complexity index is 764. The Morgan fingerprint density at radius 2 is 2.04 bits per heavy atom. The molecule has 0 saturated heterocycles. The summed E-state index contributed by atoms with van der Waals surface area (Å²) in [4.78, 5) is 34.1. The van der Waals surface area contributed by atoms with Gasteiger partial charge >= 0.3 is 5.97 Å². The summed E-state index contributed by atoms with van der Waals surface area (Å²) in [6.45, 7) is 8.60. The number of nitrogens with zero attached hydrogens (tertiary/aromatic N) is 2. The number of carbonyl (C=O) groups excluding carboxylic acids is 2. The van der Waals surface area contributed by atoms with Gasteiger partial charge in [-0.2, -0.15) is 0 Å². The topological polar surface area (TPSA) is 75.3 Å². The predicted octanol–water partition coefficient (Wildman–Crippen LogP) is 3.14. The fourth-order valence-corrected chi connectivity index (χ4v) is 3.55. The fourth-order valence-electron chi connectivity index (χ4n) is 2.82. The van der Waals surface area contributed by atoms with Crippen LogP contribution in [0.15, 0.2) is 5.38 Å². The van der Waals surface area contributed by atoms with Gasteiger partial charge in [0.15, 0.2) is 5.78 Å². The van der Waals surface area contributed by atoms with Gasteiger partial charge in [0.25, 0.3) is 0 Å². The van der Waals surface area contributed by atoms with E-state index in [4.69, 9.17) is 4.74 Å². The minimum absolute atomic E-state index is 0.0183. The molecular formula is C18H25N3O3S. The number of aromatic amines is 1. The summed E-state index contributed by atoms with van der Waals surface area (Å²) < 4.78 is 5.03. The first-order chi connectivity index (χ1) is 11.9. The molecule has 0 bridgehead atoms. The van der Waals surface area contributed by atoms with E-state index in [9.17, 15) is 9.59 Å². The van der Waals surface area contributed by atoms with Crippen LogP contribution in [0.5, 0.6) is 0 Å². The molecule has 0 fully saturated rings.